The van der Waals surface area contributed by atoms with E-state index in [1.807, 2.05) is 78.9 Å². The van der Waals surface area contributed by atoms with Crippen LogP contribution in [0.5, 0.6) is 11.5 Å². The van der Waals surface area contributed by atoms with Crippen molar-refractivity contribution >= 4 is 0 Å². The molecule has 0 radical (unpaired) electrons. The molecule has 28 heavy (non-hydrogen) atoms. The third kappa shape index (κ3) is 5.12. The first-order chi connectivity index (χ1) is 13.7. The van der Waals surface area contributed by atoms with Crippen molar-refractivity contribution < 1.29 is 19.3 Å². The number of hydrogen-bond acceptors (Lipinski definition) is 4. The summed E-state index contributed by atoms with van der Waals surface area (Å²) < 4.78 is 17.0. The highest BCUT2D eigenvalue weighted by molar-refractivity contribution is 5.41. The zero-order chi connectivity index (χ0) is 19.8. The first kappa shape index (κ1) is 19.9. The van der Waals surface area contributed by atoms with Gasteiger partial charge in [0, 0.05) is 19.6 Å². The summed E-state index contributed by atoms with van der Waals surface area (Å²) in [4.78, 5) is 0. The van der Waals surface area contributed by atoms with E-state index >= 15 is 0 Å². The number of aliphatic hydroxyl groups excluding tert-OH is 1. The molecule has 3 rings (SSSR count). The van der Waals surface area contributed by atoms with Crippen LogP contribution in [0.3, 0.4) is 0 Å². The Kier molecular flexibility index (Phi) is 7.06. The third-order valence-corrected chi connectivity index (χ3v) is 4.73. The van der Waals surface area contributed by atoms with E-state index < -0.39 is 12.2 Å². The zero-order valence-corrected chi connectivity index (χ0v) is 16.2. The fraction of sp³-hybridized carbons (Fsp3) is 0.250. The monoisotopic (exact) mass is 378 g/mol. The van der Waals surface area contributed by atoms with Gasteiger partial charge >= 0.3 is 0 Å². The number of methoxy groups -OCH3 is 2. The minimum Gasteiger partial charge on any atom is -0.497 e. The highest BCUT2D eigenvalue weighted by Gasteiger charge is 2.22. The van der Waals surface area contributed by atoms with Crippen LogP contribution in [0.2, 0.25) is 0 Å². The lowest BCUT2D eigenvalue weighted by atomic mass is 9.97. The van der Waals surface area contributed by atoms with Crippen LogP contribution in [-0.4, -0.2) is 25.4 Å². The topological polar surface area (TPSA) is 47.9 Å². The first-order valence-electron chi connectivity index (χ1n) is 9.30. The van der Waals surface area contributed by atoms with E-state index in [0.29, 0.717) is 13.0 Å². The molecule has 0 bridgehead atoms. The lowest BCUT2D eigenvalue weighted by Gasteiger charge is -2.23. The highest BCUT2D eigenvalue weighted by atomic mass is 16.5. The number of aliphatic hydroxyl groups is 1. The van der Waals surface area contributed by atoms with Crippen LogP contribution >= 0.6 is 0 Å². The van der Waals surface area contributed by atoms with Gasteiger partial charge in [-0.15, -0.1) is 0 Å². The van der Waals surface area contributed by atoms with Gasteiger partial charge in [-0.05, 0) is 22.8 Å². The summed E-state index contributed by atoms with van der Waals surface area (Å²) in [6.07, 6.45) is -0.606. The molecule has 4 heteroatoms. The van der Waals surface area contributed by atoms with Crippen molar-refractivity contribution in [2.45, 2.75) is 25.2 Å². The van der Waals surface area contributed by atoms with Gasteiger partial charge in [-0.3, -0.25) is 0 Å². The van der Waals surface area contributed by atoms with Crippen LogP contribution in [0, 0.1) is 0 Å². The smallest absolute Gasteiger partial charge is 0.126 e. The van der Waals surface area contributed by atoms with E-state index in [9.17, 15) is 5.11 Å². The molecule has 0 fully saturated rings. The summed E-state index contributed by atoms with van der Waals surface area (Å²) in [6, 6.07) is 25.3. The van der Waals surface area contributed by atoms with Crippen molar-refractivity contribution in [3.05, 3.63) is 95.6 Å². The maximum Gasteiger partial charge on any atom is 0.126 e. The second kappa shape index (κ2) is 9.93. The lowest BCUT2D eigenvalue weighted by molar-refractivity contribution is -0.0128. The van der Waals surface area contributed by atoms with Crippen molar-refractivity contribution in [1.29, 1.82) is 0 Å². The van der Waals surface area contributed by atoms with Gasteiger partial charge in [-0.25, -0.2) is 0 Å². The lowest BCUT2D eigenvalue weighted by Crippen LogP contribution is -2.23. The number of benzene rings is 3. The van der Waals surface area contributed by atoms with Gasteiger partial charge in [0.25, 0.3) is 0 Å². The van der Waals surface area contributed by atoms with Crippen LogP contribution in [0.15, 0.2) is 78.9 Å². The molecule has 0 heterocycles. The molecule has 3 aromatic carbocycles. The molecule has 4 nitrogen and oxygen atoms in total. The largest absolute Gasteiger partial charge is 0.497 e. The normalized spacial score (nSPS) is 13.0. The predicted molar refractivity (Wildman–Crippen MR) is 110 cm³/mol. The Morgan fingerprint density at radius 3 is 2.18 bits per heavy atom. The van der Waals surface area contributed by atoms with Crippen LogP contribution < -0.4 is 9.47 Å². The Balaban J connectivity index is 1.79. The molecule has 0 aliphatic heterocycles. The molecule has 0 aromatic heterocycles. The number of hydrogen-bond donors (Lipinski definition) is 1. The molecule has 1 N–H and O–H groups in total. The fourth-order valence-electron chi connectivity index (χ4n) is 3.11. The molecule has 0 saturated carbocycles. The molecule has 0 spiro atoms. The van der Waals surface area contributed by atoms with Crippen LogP contribution in [0.4, 0.5) is 0 Å². The van der Waals surface area contributed by atoms with E-state index in [2.05, 4.69) is 0 Å². The molecule has 3 aromatic rings. The number of rotatable bonds is 9. The summed E-state index contributed by atoms with van der Waals surface area (Å²) >= 11 is 0. The van der Waals surface area contributed by atoms with Crippen molar-refractivity contribution in [1.82, 2.24) is 0 Å². The molecule has 0 saturated heterocycles. The quantitative estimate of drug-likeness (QED) is 0.593. The van der Waals surface area contributed by atoms with Crippen LogP contribution in [0.25, 0.3) is 0 Å². The Hall–Kier alpha value is -2.82. The van der Waals surface area contributed by atoms with Gasteiger partial charge in [0.1, 0.15) is 24.2 Å². The standard InChI is InChI=1S/C24H26O4/c1-26-21-14-13-20(22(16-21)28-17-18-9-5-3-6-10-18)15-23(27-2)24(25)19-11-7-4-8-12-19/h3-14,16,23-25H,15,17H2,1-2H3. The van der Waals surface area contributed by atoms with Gasteiger partial charge in [-0.1, -0.05) is 66.7 Å². The third-order valence-electron chi connectivity index (χ3n) is 4.73. The Morgan fingerprint density at radius 1 is 0.857 bits per heavy atom. The van der Waals surface area contributed by atoms with E-state index in [1.165, 1.54) is 0 Å². The molecular weight excluding hydrogens is 352 g/mol. The maximum atomic E-state index is 10.8. The van der Waals surface area contributed by atoms with Crippen molar-refractivity contribution in [2.24, 2.45) is 0 Å². The van der Waals surface area contributed by atoms with E-state index in [4.69, 9.17) is 14.2 Å². The summed E-state index contributed by atoms with van der Waals surface area (Å²) in [5, 5.41) is 10.8. The van der Waals surface area contributed by atoms with Crippen molar-refractivity contribution in [3.8, 4) is 11.5 Å². The molecule has 2 unspecified atom stereocenters. The van der Waals surface area contributed by atoms with Gasteiger partial charge in [0.05, 0.1) is 13.2 Å². The van der Waals surface area contributed by atoms with Crippen LogP contribution in [0.1, 0.15) is 22.8 Å². The van der Waals surface area contributed by atoms with Gasteiger partial charge in [-0.2, -0.15) is 0 Å². The van der Waals surface area contributed by atoms with Crippen LogP contribution in [-0.2, 0) is 17.8 Å². The summed E-state index contributed by atoms with van der Waals surface area (Å²) in [5.41, 5.74) is 2.87. The van der Waals surface area contributed by atoms with Gasteiger partial charge in [0.2, 0.25) is 0 Å². The Labute approximate surface area is 166 Å². The summed E-state index contributed by atoms with van der Waals surface area (Å²) in [6.45, 7) is 0.458. The Bertz CT molecular complexity index is 849. The fourth-order valence-corrected chi connectivity index (χ4v) is 3.11. The number of ether oxygens (including phenoxy) is 3. The highest BCUT2D eigenvalue weighted by Crippen LogP contribution is 2.30. The molecule has 0 amide bonds. The minimum atomic E-state index is -0.727. The van der Waals surface area contributed by atoms with Crippen molar-refractivity contribution in [2.75, 3.05) is 14.2 Å². The average Bonchev–Trinajstić information content (AvgIpc) is 2.77. The summed E-state index contributed by atoms with van der Waals surface area (Å²) in [5.74, 6) is 1.45. The predicted octanol–water partition coefficient (Wildman–Crippen LogP) is 4.57. The van der Waals surface area contributed by atoms with Gasteiger partial charge in [0.15, 0.2) is 0 Å². The molecular formula is C24H26O4. The van der Waals surface area contributed by atoms with Gasteiger partial charge < -0.3 is 19.3 Å². The minimum absolute atomic E-state index is 0.394. The van der Waals surface area contributed by atoms with E-state index in [0.717, 1.165) is 28.2 Å². The Morgan fingerprint density at radius 2 is 1.54 bits per heavy atom. The molecule has 0 aliphatic carbocycles. The molecule has 0 aliphatic rings. The van der Waals surface area contributed by atoms with E-state index in [1.54, 1.807) is 14.2 Å². The maximum absolute atomic E-state index is 10.8. The SMILES string of the molecule is COc1ccc(CC(OC)C(O)c2ccccc2)c(OCc2ccccc2)c1. The zero-order valence-electron chi connectivity index (χ0n) is 16.2. The van der Waals surface area contributed by atoms with Crippen molar-refractivity contribution in [3.63, 3.8) is 0 Å². The molecule has 146 valence electrons. The first-order valence-corrected chi connectivity index (χ1v) is 9.30. The summed E-state index contributed by atoms with van der Waals surface area (Å²) in [7, 11) is 3.25. The second-order valence-electron chi connectivity index (χ2n) is 6.58. The van der Waals surface area contributed by atoms with E-state index in [-0.39, 0.29) is 0 Å². The second-order valence-corrected chi connectivity index (χ2v) is 6.58. The average molecular weight is 378 g/mol. The molecule has 2 atom stereocenters.